The van der Waals surface area contributed by atoms with Crippen LogP contribution in [0.3, 0.4) is 0 Å². The first kappa shape index (κ1) is 16.5. The number of nitrogens with zero attached hydrogens (tertiary/aromatic N) is 1. The number of halogens is 1. The molecule has 0 radical (unpaired) electrons. The maximum atomic E-state index is 11.8. The summed E-state index contributed by atoms with van der Waals surface area (Å²) >= 11 is 3.37. The summed E-state index contributed by atoms with van der Waals surface area (Å²) in [4.78, 5) is 24.3. The highest BCUT2D eigenvalue weighted by Crippen LogP contribution is 2.25. The molecule has 0 aliphatic heterocycles. The molecule has 0 saturated heterocycles. The van der Waals surface area contributed by atoms with Gasteiger partial charge in [0.05, 0.1) is 11.1 Å². The molecule has 6 heteroatoms. The van der Waals surface area contributed by atoms with Crippen molar-refractivity contribution in [3.05, 3.63) is 28.2 Å². The van der Waals surface area contributed by atoms with Gasteiger partial charge in [0.2, 0.25) is 0 Å². The Morgan fingerprint density at radius 2 is 2.05 bits per heavy atom. The average molecular weight is 344 g/mol. The van der Waals surface area contributed by atoms with Crippen molar-refractivity contribution in [1.82, 2.24) is 4.90 Å². The quantitative estimate of drug-likeness (QED) is 0.742. The molecule has 0 atom stereocenters. The molecule has 0 aliphatic rings. The lowest BCUT2D eigenvalue weighted by Gasteiger charge is -2.16. The number of esters is 1. The van der Waals surface area contributed by atoms with Gasteiger partial charge in [-0.2, -0.15) is 0 Å². The summed E-state index contributed by atoms with van der Waals surface area (Å²) in [5.74, 6) is -0.126. The van der Waals surface area contributed by atoms with Crippen molar-refractivity contribution in [3.8, 4) is 5.75 Å². The Hall–Kier alpha value is -1.56. The lowest BCUT2D eigenvalue weighted by Crippen LogP contribution is -2.36. The maximum Gasteiger partial charge on any atom is 0.325 e. The Morgan fingerprint density at radius 1 is 1.35 bits per heavy atom. The van der Waals surface area contributed by atoms with E-state index in [0.717, 1.165) is 10.0 Å². The fourth-order valence-electron chi connectivity index (χ4n) is 1.46. The number of hydrogen-bond donors (Lipinski definition) is 0. The summed E-state index contributed by atoms with van der Waals surface area (Å²) in [6.07, 6.45) is 0. The number of likely N-dealkylation sites (N-methyl/N-ethyl adjacent to an activating group) is 1. The Balaban J connectivity index is 2.48. The zero-order chi connectivity index (χ0) is 15.1. The Labute approximate surface area is 127 Å². The van der Waals surface area contributed by atoms with Gasteiger partial charge >= 0.3 is 5.97 Å². The molecule has 110 valence electrons. The molecule has 1 rings (SSSR count). The van der Waals surface area contributed by atoms with E-state index in [0.29, 0.717) is 12.4 Å². The van der Waals surface area contributed by atoms with Crippen LogP contribution in [-0.2, 0) is 14.3 Å². The van der Waals surface area contributed by atoms with E-state index in [1.165, 1.54) is 11.9 Å². The van der Waals surface area contributed by atoms with Crippen molar-refractivity contribution >= 4 is 27.8 Å². The number of amides is 1. The normalized spacial score (nSPS) is 10.0. The van der Waals surface area contributed by atoms with E-state index in [2.05, 4.69) is 15.9 Å². The van der Waals surface area contributed by atoms with Crippen LogP contribution < -0.4 is 4.74 Å². The van der Waals surface area contributed by atoms with Crippen LogP contribution >= 0.6 is 15.9 Å². The van der Waals surface area contributed by atoms with Gasteiger partial charge in [0.15, 0.2) is 6.61 Å². The molecule has 0 heterocycles. The first-order chi connectivity index (χ1) is 9.43. The van der Waals surface area contributed by atoms with Crippen molar-refractivity contribution < 1.29 is 19.1 Å². The topological polar surface area (TPSA) is 55.8 Å². The Kier molecular flexibility index (Phi) is 6.51. The molecular weight excluding hydrogens is 326 g/mol. The number of aryl methyl sites for hydroxylation is 1. The lowest BCUT2D eigenvalue weighted by atomic mass is 10.2. The second kappa shape index (κ2) is 7.89. The molecule has 1 aromatic carbocycles. The van der Waals surface area contributed by atoms with Crippen LogP contribution in [0.2, 0.25) is 0 Å². The molecule has 0 N–H and O–H groups in total. The third kappa shape index (κ3) is 5.21. The number of ether oxygens (including phenoxy) is 2. The molecule has 0 saturated carbocycles. The van der Waals surface area contributed by atoms with Gasteiger partial charge < -0.3 is 14.4 Å². The Morgan fingerprint density at radius 3 is 2.65 bits per heavy atom. The number of rotatable bonds is 6. The standard InChI is InChI=1S/C14H18BrNO4/c1-4-19-14(18)8-16(3)13(17)9-20-12-6-5-10(2)7-11(12)15/h5-7H,4,8-9H2,1-3H3. The summed E-state index contributed by atoms with van der Waals surface area (Å²) < 4.78 is 11.0. The van der Waals surface area contributed by atoms with Gasteiger partial charge in [0, 0.05) is 7.05 Å². The van der Waals surface area contributed by atoms with Crippen LogP contribution in [0.15, 0.2) is 22.7 Å². The minimum Gasteiger partial charge on any atom is -0.483 e. The van der Waals surface area contributed by atoms with Crippen molar-refractivity contribution in [2.45, 2.75) is 13.8 Å². The van der Waals surface area contributed by atoms with Crippen LogP contribution in [0.5, 0.6) is 5.75 Å². The molecule has 20 heavy (non-hydrogen) atoms. The second-order valence-corrected chi connectivity index (χ2v) is 5.13. The van der Waals surface area contributed by atoms with Gasteiger partial charge in [-0.1, -0.05) is 6.07 Å². The summed E-state index contributed by atoms with van der Waals surface area (Å²) in [6, 6.07) is 5.59. The molecular formula is C14H18BrNO4. The van der Waals surface area contributed by atoms with Gasteiger partial charge in [0.25, 0.3) is 5.91 Å². The predicted octanol–water partition coefficient (Wildman–Crippen LogP) is 2.16. The van der Waals surface area contributed by atoms with Crippen molar-refractivity contribution in [3.63, 3.8) is 0 Å². The van der Waals surface area contributed by atoms with Crippen molar-refractivity contribution in [2.24, 2.45) is 0 Å². The summed E-state index contributed by atoms with van der Waals surface area (Å²) in [5.41, 5.74) is 1.09. The van der Waals surface area contributed by atoms with Crippen LogP contribution in [0.1, 0.15) is 12.5 Å². The first-order valence-electron chi connectivity index (χ1n) is 6.22. The van der Waals surface area contributed by atoms with Crippen LogP contribution in [-0.4, -0.2) is 43.6 Å². The van der Waals surface area contributed by atoms with E-state index in [1.54, 1.807) is 13.0 Å². The molecule has 0 aromatic heterocycles. The molecule has 1 aromatic rings. The van der Waals surface area contributed by atoms with Gasteiger partial charge in [0.1, 0.15) is 12.3 Å². The van der Waals surface area contributed by atoms with E-state index < -0.39 is 5.97 Å². The molecule has 0 aliphatic carbocycles. The highest BCUT2D eigenvalue weighted by atomic mass is 79.9. The zero-order valence-corrected chi connectivity index (χ0v) is 13.4. The first-order valence-corrected chi connectivity index (χ1v) is 7.02. The lowest BCUT2D eigenvalue weighted by molar-refractivity contribution is -0.148. The van der Waals surface area contributed by atoms with Crippen molar-refractivity contribution in [2.75, 3.05) is 26.8 Å². The molecule has 0 spiro atoms. The summed E-state index contributed by atoms with van der Waals surface area (Å²) in [7, 11) is 1.53. The maximum absolute atomic E-state index is 11.8. The third-order valence-corrected chi connectivity index (χ3v) is 3.16. The molecule has 5 nitrogen and oxygen atoms in total. The van der Waals surface area contributed by atoms with E-state index >= 15 is 0 Å². The average Bonchev–Trinajstić information content (AvgIpc) is 2.37. The van der Waals surface area contributed by atoms with Crippen LogP contribution in [0, 0.1) is 6.92 Å². The third-order valence-electron chi connectivity index (χ3n) is 2.54. The van der Waals surface area contributed by atoms with Gasteiger partial charge in [-0.3, -0.25) is 9.59 Å². The number of hydrogen-bond acceptors (Lipinski definition) is 4. The van der Waals surface area contributed by atoms with E-state index in [-0.39, 0.29) is 19.1 Å². The highest BCUT2D eigenvalue weighted by molar-refractivity contribution is 9.10. The molecule has 0 fully saturated rings. The molecule has 0 unspecified atom stereocenters. The second-order valence-electron chi connectivity index (χ2n) is 4.28. The monoisotopic (exact) mass is 343 g/mol. The fourth-order valence-corrected chi connectivity index (χ4v) is 2.07. The van der Waals surface area contributed by atoms with Gasteiger partial charge in [-0.15, -0.1) is 0 Å². The molecule has 0 bridgehead atoms. The van der Waals surface area contributed by atoms with E-state index in [9.17, 15) is 9.59 Å². The number of carbonyl (C=O) groups is 2. The fraction of sp³-hybridized carbons (Fsp3) is 0.429. The van der Waals surface area contributed by atoms with E-state index in [1.807, 2.05) is 19.1 Å². The zero-order valence-electron chi connectivity index (χ0n) is 11.8. The summed E-state index contributed by atoms with van der Waals surface area (Å²) in [6.45, 7) is 3.78. The van der Waals surface area contributed by atoms with Crippen molar-refractivity contribution in [1.29, 1.82) is 0 Å². The minimum atomic E-state index is -0.431. The molecule has 1 amide bonds. The van der Waals surface area contributed by atoms with Gasteiger partial charge in [-0.05, 0) is 47.5 Å². The van der Waals surface area contributed by atoms with Crippen LogP contribution in [0.4, 0.5) is 0 Å². The van der Waals surface area contributed by atoms with E-state index in [4.69, 9.17) is 9.47 Å². The SMILES string of the molecule is CCOC(=O)CN(C)C(=O)COc1ccc(C)cc1Br. The predicted molar refractivity (Wildman–Crippen MR) is 78.6 cm³/mol. The summed E-state index contributed by atoms with van der Waals surface area (Å²) in [5, 5.41) is 0. The minimum absolute atomic E-state index is 0.0783. The largest absolute Gasteiger partial charge is 0.483 e. The van der Waals surface area contributed by atoms with Crippen LogP contribution in [0.25, 0.3) is 0 Å². The number of benzene rings is 1. The Bertz CT molecular complexity index is 490. The van der Waals surface area contributed by atoms with Gasteiger partial charge in [-0.25, -0.2) is 0 Å². The highest BCUT2D eigenvalue weighted by Gasteiger charge is 2.14. The smallest absolute Gasteiger partial charge is 0.325 e. The number of carbonyl (C=O) groups excluding carboxylic acids is 2.